The topological polar surface area (TPSA) is 59.4 Å². The van der Waals surface area contributed by atoms with E-state index in [0.717, 1.165) is 5.39 Å². The molecule has 1 aromatic heterocycles. The fourth-order valence-electron chi connectivity index (χ4n) is 1.74. The number of rotatable bonds is 4. The average Bonchev–Trinajstić information content (AvgIpc) is 2.38. The van der Waals surface area contributed by atoms with Gasteiger partial charge < -0.3 is 9.84 Å². The van der Waals surface area contributed by atoms with Crippen molar-refractivity contribution in [1.82, 2.24) is 4.98 Å². The number of nitrogens with zero attached hydrogens (tertiary/aromatic N) is 1. The zero-order valence-corrected chi connectivity index (χ0v) is 11.3. The average molecular weight is 259 g/mol. The maximum Gasteiger partial charge on any atom is 0.337 e. The van der Waals surface area contributed by atoms with E-state index in [1.807, 2.05) is 25.1 Å². The van der Waals surface area contributed by atoms with Gasteiger partial charge in [0.25, 0.3) is 0 Å². The summed E-state index contributed by atoms with van der Waals surface area (Å²) >= 11 is 0. The molecule has 1 N–H and O–H groups in total. The van der Waals surface area contributed by atoms with Crippen LogP contribution in [-0.4, -0.2) is 22.2 Å². The van der Waals surface area contributed by atoms with E-state index < -0.39 is 5.97 Å². The summed E-state index contributed by atoms with van der Waals surface area (Å²) in [6.07, 6.45) is 1.37. The minimum atomic E-state index is -0.979. The summed E-state index contributed by atoms with van der Waals surface area (Å²) in [6, 6.07) is 7.26. The highest BCUT2D eigenvalue weighted by Gasteiger charge is 2.16. The van der Waals surface area contributed by atoms with E-state index in [4.69, 9.17) is 9.84 Å². The van der Waals surface area contributed by atoms with Gasteiger partial charge in [0, 0.05) is 17.0 Å². The Hall–Kier alpha value is -2.10. The van der Waals surface area contributed by atoms with Crippen LogP contribution in [0.3, 0.4) is 0 Å². The first-order valence-corrected chi connectivity index (χ1v) is 6.28. The summed E-state index contributed by atoms with van der Waals surface area (Å²) in [6.45, 7) is 6.11. The van der Waals surface area contributed by atoms with Crippen LogP contribution in [-0.2, 0) is 0 Å². The van der Waals surface area contributed by atoms with Gasteiger partial charge in [-0.1, -0.05) is 32.0 Å². The van der Waals surface area contributed by atoms with Crippen LogP contribution < -0.4 is 4.74 Å². The summed E-state index contributed by atoms with van der Waals surface area (Å²) in [5.74, 6) is -0.131. The Morgan fingerprint density at radius 2 is 1.84 bits per heavy atom. The molecule has 1 atom stereocenters. The molecule has 0 bridgehead atoms. The summed E-state index contributed by atoms with van der Waals surface area (Å²) in [4.78, 5) is 15.3. The standard InChI is InChI=1S/C15H17NO3/c1-9(2)10(3)19-14-12-7-5-4-6-11(12)13(8-16-14)15(17)18/h4-10H,1-3H3,(H,17,18). The molecule has 0 saturated heterocycles. The van der Waals surface area contributed by atoms with Crippen LogP contribution in [0, 0.1) is 5.92 Å². The van der Waals surface area contributed by atoms with Crippen molar-refractivity contribution in [2.75, 3.05) is 0 Å². The van der Waals surface area contributed by atoms with Gasteiger partial charge in [0.15, 0.2) is 0 Å². The molecule has 0 spiro atoms. The van der Waals surface area contributed by atoms with Crippen LogP contribution in [0.25, 0.3) is 10.8 Å². The lowest BCUT2D eigenvalue weighted by molar-refractivity contribution is 0.0698. The molecule has 0 radical (unpaired) electrons. The summed E-state index contributed by atoms with van der Waals surface area (Å²) in [7, 11) is 0. The highest BCUT2D eigenvalue weighted by Crippen LogP contribution is 2.27. The molecule has 19 heavy (non-hydrogen) atoms. The summed E-state index contributed by atoms with van der Waals surface area (Å²) < 4.78 is 5.82. The van der Waals surface area contributed by atoms with Gasteiger partial charge in [-0.2, -0.15) is 0 Å². The van der Waals surface area contributed by atoms with Crippen LogP contribution in [0.4, 0.5) is 0 Å². The van der Waals surface area contributed by atoms with E-state index >= 15 is 0 Å². The Labute approximate surface area is 112 Å². The Kier molecular flexibility index (Phi) is 3.69. The van der Waals surface area contributed by atoms with E-state index in [9.17, 15) is 4.79 Å². The second-order valence-electron chi connectivity index (χ2n) is 4.89. The smallest absolute Gasteiger partial charge is 0.337 e. The lowest BCUT2D eigenvalue weighted by atomic mass is 10.1. The summed E-state index contributed by atoms with van der Waals surface area (Å²) in [5, 5.41) is 10.5. The van der Waals surface area contributed by atoms with E-state index in [1.165, 1.54) is 6.20 Å². The van der Waals surface area contributed by atoms with Gasteiger partial charge in [-0.3, -0.25) is 0 Å². The van der Waals surface area contributed by atoms with Crippen molar-refractivity contribution in [1.29, 1.82) is 0 Å². The molecule has 0 aliphatic carbocycles. The highest BCUT2D eigenvalue weighted by molar-refractivity contribution is 6.04. The van der Waals surface area contributed by atoms with Crippen LogP contribution >= 0.6 is 0 Å². The number of aromatic nitrogens is 1. The number of carboxylic acids is 1. The monoisotopic (exact) mass is 259 g/mol. The highest BCUT2D eigenvalue weighted by atomic mass is 16.5. The van der Waals surface area contributed by atoms with Crippen molar-refractivity contribution in [2.24, 2.45) is 5.92 Å². The minimum absolute atomic E-state index is 0.0200. The first kappa shape index (κ1) is 13.3. The molecule has 4 nitrogen and oxygen atoms in total. The maximum absolute atomic E-state index is 11.2. The molecule has 1 heterocycles. The molecule has 1 aromatic carbocycles. The van der Waals surface area contributed by atoms with Crippen LogP contribution in [0.5, 0.6) is 5.88 Å². The van der Waals surface area contributed by atoms with Gasteiger partial charge in [-0.05, 0) is 18.9 Å². The van der Waals surface area contributed by atoms with Gasteiger partial charge in [0.1, 0.15) is 0 Å². The van der Waals surface area contributed by atoms with Crippen LogP contribution in [0.2, 0.25) is 0 Å². The number of carboxylic acid groups (broad SMARTS) is 1. The molecule has 2 aromatic rings. The normalized spacial score (nSPS) is 12.6. The minimum Gasteiger partial charge on any atom is -0.478 e. The van der Waals surface area contributed by atoms with E-state index in [2.05, 4.69) is 18.8 Å². The first-order chi connectivity index (χ1) is 9.00. The molecular weight excluding hydrogens is 242 g/mol. The van der Waals surface area contributed by atoms with E-state index in [0.29, 0.717) is 17.2 Å². The van der Waals surface area contributed by atoms with Crippen molar-refractivity contribution in [3.63, 3.8) is 0 Å². The maximum atomic E-state index is 11.2. The Bertz CT molecular complexity index is 607. The fourth-order valence-corrected chi connectivity index (χ4v) is 1.74. The Balaban J connectivity index is 2.53. The number of benzene rings is 1. The predicted octanol–water partition coefficient (Wildman–Crippen LogP) is 3.36. The number of aromatic carboxylic acids is 1. The molecule has 0 amide bonds. The van der Waals surface area contributed by atoms with Gasteiger partial charge in [-0.15, -0.1) is 0 Å². The SMILES string of the molecule is CC(C)C(C)Oc1ncc(C(=O)O)c2ccccc12. The third-order valence-electron chi connectivity index (χ3n) is 3.23. The number of carbonyl (C=O) groups is 1. The van der Waals surface area contributed by atoms with Crippen molar-refractivity contribution in [3.8, 4) is 5.88 Å². The molecule has 2 rings (SSSR count). The largest absolute Gasteiger partial charge is 0.478 e. The molecule has 0 aliphatic rings. The van der Waals surface area contributed by atoms with Crippen molar-refractivity contribution in [2.45, 2.75) is 26.9 Å². The number of pyridine rings is 1. The summed E-state index contributed by atoms with van der Waals surface area (Å²) in [5.41, 5.74) is 0.195. The quantitative estimate of drug-likeness (QED) is 0.914. The number of hydrogen-bond donors (Lipinski definition) is 1. The van der Waals surface area contributed by atoms with Gasteiger partial charge in [0.05, 0.1) is 11.7 Å². The third kappa shape index (κ3) is 2.67. The molecule has 0 fully saturated rings. The first-order valence-electron chi connectivity index (χ1n) is 6.28. The van der Waals surface area contributed by atoms with Crippen LogP contribution in [0.15, 0.2) is 30.5 Å². The van der Waals surface area contributed by atoms with Gasteiger partial charge in [0.2, 0.25) is 5.88 Å². The molecule has 100 valence electrons. The second kappa shape index (κ2) is 5.26. The second-order valence-corrected chi connectivity index (χ2v) is 4.89. The fraction of sp³-hybridized carbons (Fsp3) is 0.333. The molecular formula is C15H17NO3. The molecule has 4 heteroatoms. The zero-order chi connectivity index (χ0) is 14.0. The van der Waals surface area contributed by atoms with Crippen molar-refractivity contribution >= 4 is 16.7 Å². The Morgan fingerprint density at radius 3 is 2.42 bits per heavy atom. The lowest BCUT2D eigenvalue weighted by Gasteiger charge is -2.18. The van der Waals surface area contributed by atoms with Gasteiger partial charge in [-0.25, -0.2) is 9.78 Å². The van der Waals surface area contributed by atoms with E-state index in [-0.39, 0.29) is 11.7 Å². The van der Waals surface area contributed by atoms with Crippen molar-refractivity contribution < 1.29 is 14.6 Å². The van der Waals surface area contributed by atoms with Crippen LogP contribution in [0.1, 0.15) is 31.1 Å². The molecule has 0 aliphatic heterocycles. The Morgan fingerprint density at radius 1 is 1.21 bits per heavy atom. The number of ether oxygens (including phenoxy) is 1. The number of fused-ring (bicyclic) bond motifs is 1. The predicted molar refractivity (Wildman–Crippen MR) is 73.6 cm³/mol. The van der Waals surface area contributed by atoms with Crippen molar-refractivity contribution in [3.05, 3.63) is 36.0 Å². The zero-order valence-electron chi connectivity index (χ0n) is 11.3. The third-order valence-corrected chi connectivity index (χ3v) is 3.23. The lowest BCUT2D eigenvalue weighted by Crippen LogP contribution is -2.19. The molecule has 1 unspecified atom stereocenters. The number of hydrogen-bond acceptors (Lipinski definition) is 3. The van der Waals surface area contributed by atoms with E-state index in [1.54, 1.807) is 6.07 Å². The molecule has 0 saturated carbocycles. The van der Waals surface area contributed by atoms with Gasteiger partial charge >= 0.3 is 5.97 Å².